The van der Waals surface area contributed by atoms with Crippen molar-refractivity contribution < 1.29 is 19.1 Å². The molecule has 178 valence electrons. The maximum Gasteiger partial charge on any atom is 0.270 e. The van der Waals surface area contributed by atoms with E-state index in [-0.39, 0.29) is 47.4 Å². The van der Waals surface area contributed by atoms with Gasteiger partial charge in [0, 0.05) is 31.7 Å². The number of rotatable bonds is 9. The van der Waals surface area contributed by atoms with Crippen LogP contribution in [0.1, 0.15) is 73.3 Å². The second kappa shape index (κ2) is 10.9. The topological polar surface area (TPSA) is 126 Å². The molecule has 10 heteroatoms. The van der Waals surface area contributed by atoms with Gasteiger partial charge in [-0.25, -0.2) is 4.98 Å². The van der Waals surface area contributed by atoms with E-state index in [1.165, 1.54) is 12.5 Å². The summed E-state index contributed by atoms with van der Waals surface area (Å²) in [6, 6.07) is 1.54. The van der Waals surface area contributed by atoms with E-state index in [2.05, 4.69) is 25.6 Å². The van der Waals surface area contributed by atoms with Crippen molar-refractivity contribution in [3.05, 3.63) is 41.2 Å². The summed E-state index contributed by atoms with van der Waals surface area (Å²) in [5, 5.41) is 6.23. The first-order valence-corrected chi connectivity index (χ1v) is 11.4. The van der Waals surface area contributed by atoms with Gasteiger partial charge < -0.3 is 20.4 Å². The molecule has 1 saturated carbocycles. The third kappa shape index (κ3) is 6.61. The highest BCUT2D eigenvalue weighted by atomic mass is 35.5. The summed E-state index contributed by atoms with van der Waals surface area (Å²) in [6.07, 6.45) is 7.77. The van der Waals surface area contributed by atoms with Crippen molar-refractivity contribution in [2.75, 3.05) is 12.4 Å². The van der Waals surface area contributed by atoms with Crippen molar-refractivity contribution in [1.82, 2.24) is 20.3 Å². The Bertz CT molecular complexity index is 998. The van der Waals surface area contributed by atoms with Gasteiger partial charge in [0.25, 0.3) is 5.91 Å². The molecule has 1 aliphatic rings. The molecule has 0 aromatic carbocycles. The van der Waals surface area contributed by atoms with E-state index < -0.39 is 5.60 Å². The molecule has 2 aromatic rings. The Labute approximate surface area is 198 Å². The van der Waals surface area contributed by atoms with Crippen molar-refractivity contribution >= 4 is 34.9 Å². The van der Waals surface area contributed by atoms with Gasteiger partial charge in [0.1, 0.15) is 11.4 Å². The van der Waals surface area contributed by atoms with Gasteiger partial charge in [-0.2, -0.15) is 0 Å². The number of ether oxygens (including phenoxy) is 1. The number of nitrogens with zero attached hydrogens (tertiary/aromatic N) is 2. The summed E-state index contributed by atoms with van der Waals surface area (Å²) in [6.45, 7) is 3.81. The van der Waals surface area contributed by atoms with Crippen LogP contribution >= 0.6 is 11.6 Å². The number of carbonyl (C=O) groups is 3. The Kier molecular flexibility index (Phi) is 8.20. The van der Waals surface area contributed by atoms with E-state index in [4.69, 9.17) is 16.3 Å². The molecule has 0 aliphatic heterocycles. The molecule has 1 aliphatic carbocycles. The largest absolute Gasteiger partial charge is 0.379 e. The number of methoxy groups -OCH3 is 1. The number of amides is 2. The number of carbonyl (C=O) groups excluding carboxylic acids is 3. The van der Waals surface area contributed by atoms with Crippen molar-refractivity contribution in [3.8, 4) is 0 Å². The maximum absolute atomic E-state index is 12.8. The lowest BCUT2D eigenvalue weighted by atomic mass is 9.85. The lowest BCUT2D eigenvalue weighted by molar-refractivity contribution is -0.120. The van der Waals surface area contributed by atoms with Gasteiger partial charge in [-0.15, -0.1) is 0 Å². The van der Waals surface area contributed by atoms with Crippen LogP contribution < -0.4 is 10.6 Å². The number of Topliss-reactive ketones (excluding diaryl/α,β-unsaturated/α-hetero) is 1. The molecule has 9 nitrogen and oxygen atoms in total. The smallest absolute Gasteiger partial charge is 0.270 e. The molecule has 0 bridgehead atoms. The van der Waals surface area contributed by atoms with E-state index in [1.54, 1.807) is 19.4 Å². The van der Waals surface area contributed by atoms with Crippen LogP contribution in [0.25, 0.3) is 0 Å². The lowest BCUT2D eigenvalue weighted by Crippen LogP contribution is -2.40. The highest BCUT2D eigenvalue weighted by Gasteiger charge is 2.29. The van der Waals surface area contributed by atoms with Crippen LogP contribution in [0.4, 0.5) is 5.69 Å². The molecule has 0 spiro atoms. The number of hydrogen-bond donors (Lipinski definition) is 3. The highest BCUT2D eigenvalue weighted by Crippen LogP contribution is 2.27. The first kappa shape index (κ1) is 24.9. The van der Waals surface area contributed by atoms with E-state index in [0.29, 0.717) is 42.8 Å². The number of imidazole rings is 1. The Morgan fingerprint density at radius 1 is 1.24 bits per heavy atom. The third-order valence-corrected chi connectivity index (χ3v) is 6.43. The zero-order valence-electron chi connectivity index (χ0n) is 19.1. The molecule has 0 saturated heterocycles. The molecular weight excluding hydrogens is 446 g/mol. The molecule has 1 fully saturated rings. The van der Waals surface area contributed by atoms with Crippen LogP contribution in [0.2, 0.25) is 5.02 Å². The Balaban J connectivity index is 1.51. The molecule has 3 N–H and O–H groups in total. The van der Waals surface area contributed by atoms with E-state index in [9.17, 15) is 14.4 Å². The van der Waals surface area contributed by atoms with E-state index in [0.717, 1.165) is 0 Å². The number of hydrogen-bond acceptors (Lipinski definition) is 6. The minimum atomic E-state index is -0.429. The number of ketones is 1. The molecule has 0 atom stereocenters. The zero-order valence-corrected chi connectivity index (χ0v) is 19.9. The first-order chi connectivity index (χ1) is 15.7. The minimum absolute atomic E-state index is 0.0813. The number of H-pyrrole nitrogens is 1. The monoisotopic (exact) mass is 475 g/mol. The lowest BCUT2D eigenvalue weighted by Gasteiger charge is -2.28. The fraction of sp³-hybridized carbons (Fsp3) is 0.522. The fourth-order valence-electron chi connectivity index (χ4n) is 3.78. The number of halogens is 1. The van der Waals surface area contributed by atoms with Crippen LogP contribution in [0.3, 0.4) is 0 Å². The molecule has 2 heterocycles. The maximum atomic E-state index is 12.8. The van der Waals surface area contributed by atoms with Crippen molar-refractivity contribution in [2.45, 2.75) is 64.0 Å². The van der Waals surface area contributed by atoms with Crippen LogP contribution in [0.15, 0.2) is 24.8 Å². The predicted octanol–water partition coefficient (Wildman–Crippen LogP) is 3.77. The summed E-state index contributed by atoms with van der Waals surface area (Å²) >= 11 is 6.08. The Hall–Kier alpha value is -2.78. The van der Waals surface area contributed by atoms with E-state index in [1.807, 2.05) is 13.8 Å². The second-order valence-electron chi connectivity index (χ2n) is 8.88. The average Bonchev–Trinajstić information content (AvgIpc) is 3.30. The summed E-state index contributed by atoms with van der Waals surface area (Å²) < 4.78 is 5.35. The summed E-state index contributed by atoms with van der Waals surface area (Å²) in [7, 11) is 1.60. The molecular formula is C23H30ClN5O4. The zero-order chi connectivity index (χ0) is 24.0. The van der Waals surface area contributed by atoms with Gasteiger partial charge in [-0.3, -0.25) is 19.4 Å². The molecule has 0 radical (unpaired) electrons. The predicted molar refractivity (Wildman–Crippen MR) is 124 cm³/mol. The SMILES string of the molecule is COC(C)(C)CCC(=O)c1nc[nH]c1C(=O)NC1CCC(C(=O)Nc2cnccc2Cl)CC1. The van der Waals surface area contributed by atoms with E-state index >= 15 is 0 Å². The van der Waals surface area contributed by atoms with Gasteiger partial charge in [-0.1, -0.05) is 11.6 Å². The van der Waals surface area contributed by atoms with Gasteiger partial charge in [0.05, 0.1) is 28.8 Å². The van der Waals surface area contributed by atoms with Crippen molar-refractivity contribution in [2.24, 2.45) is 5.92 Å². The normalized spacial score (nSPS) is 18.5. The summed E-state index contributed by atoms with van der Waals surface area (Å²) in [4.78, 5) is 48.8. The molecule has 2 amide bonds. The summed E-state index contributed by atoms with van der Waals surface area (Å²) in [5.41, 5.74) is 0.369. The van der Waals surface area contributed by atoms with Gasteiger partial charge in [0.15, 0.2) is 5.78 Å². The van der Waals surface area contributed by atoms with Crippen LogP contribution in [0, 0.1) is 5.92 Å². The Morgan fingerprint density at radius 2 is 1.97 bits per heavy atom. The fourth-order valence-corrected chi connectivity index (χ4v) is 3.93. The van der Waals surface area contributed by atoms with Gasteiger partial charge in [0.2, 0.25) is 5.91 Å². The Morgan fingerprint density at radius 3 is 2.64 bits per heavy atom. The number of aromatic nitrogens is 3. The van der Waals surface area contributed by atoms with Crippen molar-refractivity contribution in [3.63, 3.8) is 0 Å². The standard InChI is InChI=1S/C23H30ClN5O4/c1-23(2,33-3)10-8-18(30)19-20(27-13-26-19)22(32)28-15-6-4-14(5-7-15)21(31)29-17-12-25-11-9-16(17)24/h9,11-15H,4-8,10H2,1-3H3,(H,26,27)(H,28,32)(H,29,31). The molecule has 0 unspecified atom stereocenters. The highest BCUT2D eigenvalue weighted by molar-refractivity contribution is 6.33. The number of pyridine rings is 1. The first-order valence-electron chi connectivity index (χ1n) is 11.0. The molecule has 33 heavy (non-hydrogen) atoms. The van der Waals surface area contributed by atoms with Crippen LogP contribution in [0.5, 0.6) is 0 Å². The molecule has 3 rings (SSSR count). The third-order valence-electron chi connectivity index (χ3n) is 6.10. The number of nitrogens with one attached hydrogen (secondary N) is 3. The van der Waals surface area contributed by atoms with Crippen molar-refractivity contribution in [1.29, 1.82) is 0 Å². The number of aromatic amines is 1. The summed E-state index contributed by atoms with van der Waals surface area (Å²) in [5.74, 6) is -0.837. The minimum Gasteiger partial charge on any atom is -0.379 e. The van der Waals surface area contributed by atoms with Crippen LogP contribution in [-0.2, 0) is 9.53 Å². The number of anilines is 1. The molecule has 2 aromatic heterocycles. The quantitative estimate of drug-likeness (QED) is 0.474. The van der Waals surface area contributed by atoms with Gasteiger partial charge in [-0.05, 0) is 52.0 Å². The van der Waals surface area contributed by atoms with Crippen LogP contribution in [-0.4, -0.2) is 51.3 Å². The second-order valence-corrected chi connectivity index (χ2v) is 9.29. The van der Waals surface area contributed by atoms with Gasteiger partial charge >= 0.3 is 0 Å². The average molecular weight is 476 g/mol.